The molecule has 1 heterocycles. The minimum atomic E-state index is -0.0401. The molecule has 0 atom stereocenters. The molecule has 2 N–H and O–H groups in total. The van der Waals surface area contributed by atoms with Gasteiger partial charge in [0.25, 0.3) is 5.91 Å². The molecule has 0 fully saturated rings. The van der Waals surface area contributed by atoms with Gasteiger partial charge in [0.1, 0.15) is 5.75 Å². The van der Waals surface area contributed by atoms with Gasteiger partial charge in [0.05, 0.1) is 12.2 Å². The predicted octanol–water partition coefficient (Wildman–Crippen LogP) is 3.15. The van der Waals surface area contributed by atoms with E-state index in [9.17, 15) is 4.79 Å². The molecule has 0 unspecified atom stereocenters. The van der Waals surface area contributed by atoms with Crippen LogP contribution in [0.1, 0.15) is 18.7 Å². The molecule has 0 aliphatic heterocycles. The lowest BCUT2D eigenvalue weighted by Gasteiger charge is -2.26. The third-order valence-electron chi connectivity index (χ3n) is 3.12. The molecular formula is C16H20N2O2S. The second-order valence-corrected chi connectivity index (χ2v) is 6.05. The van der Waals surface area contributed by atoms with Gasteiger partial charge >= 0.3 is 0 Å². The minimum Gasteiger partial charge on any atom is -0.482 e. The van der Waals surface area contributed by atoms with Gasteiger partial charge in [-0.25, -0.2) is 0 Å². The number of benzene rings is 1. The molecule has 4 nitrogen and oxygen atoms in total. The lowest BCUT2D eigenvalue weighted by molar-refractivity contribution is -0.135. The number of nitrogens with two attached hydrogens (primary N) is 1. The molecule has 1 amide bonds. The fraction of sp³-hybridized carbons (Fsp3) is 0.312. The summed E-state index contributed by atoms with van der Waals surface area (Å²) in [5, 5.41) is 2.01. The van der Waals surface area contributed by atoms with Crippen molar-refractivity contribution in [1.29, 1.82) is 0 Å². The number of carbonyl (C=O) groups excluding carboxylic acids is 1. The Morgan fingerprint density at radius 3 is 2.67 bits per heavy atom. The number of anilines is 1. The van der Waals surface area contributed by atoms with Crippen LogP contribution in [0.4, 0.5) is 5.69 Å². The van der Waals surface area contributed by atoms with E-state index in [2.05, 4.69) is 0 Å². The van der Waals surface area contributed by atoms with Gasteiger partial charge in [0, 0.05) is 10.9 Å². The molecule has 5 heteroatoms. The summed E-state index contributed by atoms with van der Waals surface area (Å²) in [6.45, 7) is 4.62. The van der Waals surface area contributed by atoms with Crippen LogP contribution in [0, 0.1) is 0 Å². The van der Waals surface area contributed by atoms with Crippen molar-refractivity contribution in [2.24, 2.45) is 0 Å². The van der Waals surface area contributed by atoms with E-state index < -0.39 is 0 Å². The van der Waals surface area contributed by atoms with Crippen LogP contribution in [-0.4, -0.2) is 23.5 Å². The van der Waals surface area contributed by atoms with Crippen molar-refractivity contribution in [3.8, 4) is 5.75 Å². The number of rotatable bonds is 6. The van der Waals surface area contributed by atoms with Crippen molar-refractivity contribution in [2.45, 2.75) is 26.4 Å². The van der Waals surface area contributed by atoms with Gasteiger partial charge in [-0.3, -0.25) is 4.79 Å². The molecule has 0 bridgehead atoms. The number of para-hydroxylation sites is 2. The van der Waals surface area contributed by atoms with Gasteiger partial charge in [-0.15, -0.1) is 11.3 Å². The van der Waals surface area contributed by atoms with Gasteiger partial charge in [-0.1, -0.05) is 18.2 Å². The van der Waals surface area contributed by atoms with Crippen LogP contribution < -0.4 is 10.5 Å². The average Bonchev–Trinajstić information content (AvgIpc) is 2.96. The second-order valence-electron chi connectivity index (χ2n) is 5.02. The number of nitrogens with zero attached hydrogens (tertiary/aromatic N) is 1. The van der Waals surface area contributed by atoms with E-state index in [-0.39, 0.29) is 18.6 Å². The van der Waals surface area contributed by atoms with Crippen molar-refractivity contribution in [1.82, 2.24) is 4.90 Å². The van der Waals surface area contributed by atoms with Crippen LogP contribution in [0.25, 0.3) is 0 Å². The van der Waals surface area contributed by atoms with Crippen molar-refractivity contribution >= 4 is 22.9 Å². The van der Waals surface area contributed by atoms with E-state index in [4.69, 9.17) is 10.5 Å². The van der Waals surface area contributed by atoms with Crippen molar-refractivity contribution in [3.05, 3.63) is 46.7 Å². The molecule has 0 aliphatic rings. The van der Waals surface area contributed by atoms with E-state index in [1.54, 1.807) is 23.5 Å². The first-order valence-electron chi connectivity index (χ1n) is 6.87. The first-order valence-corrected chi connectivity index (χ1v) is 7.75. The van der Waals surface area contributed by atoms with E-state index in [1.807, 2.05) is 48.4 Å². The molecule has 2 aromatic rings. The Morgan fingerprint density at radius 1 is 1.29 bits per heavy atom. The Hall–Kier alpha value is -2.01. The molecule has 0 saturated heterocycles. The Balaban J connectivity index is 1.97. The summed E-state index contributed by atoms with van der Waals surface area (Å²) < 4.78 is 5.54. The first kappa shape index (κ1) is 15.4. The van der Waals surface area contributed by atoms with Crippen LogP contribution in [0.15, 0.2) is 41.8 Å². The van der Waals surface area contributed by atoms with Crippen LogP contribution >= 0.6 is 11.3 Å². The summed E-state index contributed by atoms with van der Waals surface area (Å²) in [5.41, 5.74) is 6.35. The molecule has 112 valence electrons. The molecule has 0 saturated carbocycles. The first-order chi connectivity index (χ1) is 10.1. The van der Waals surface area contributed by atoms with Gasteiger partial charge in [-0.2, -0.15) is 0 Å². The number of amides is 1. The van der Waals surface area contributed by atoms with Crippen LogP contribution in [-0.2, 0) is 11.3 Å². The fourth-order valence-corrected chi connectivity index (χ4v) is 2.67. The highest BCUT2D eigenvalue weighted by Crippen LogP contribution is 2.20. The maximum Gasteiger partial charge on any atom is 0.261 e. The summed E-state index contributed by atoms with van der Waals surface area (Å²) in [7, 11) is 0. The van der Waals surface area contributed by atoms with Gasteiger partial charge in [0.15, 0.2) is 6.61 Å². The lowest BCUT2D eigenvalue weighted by atomic mass is 10.3. The molecule has 0 radical (unpaired) electrons. The highest BCUT2D eigenvalue weighted by atomic mass is 32.1. The molecule has 0 aliphatic carbocycles. The predicted molar refractivity (Wildman–Crippen MR) is 86.4 cm³/mol. The molecule has 21 heavy (non-hydrogen) atoms. The maximum absolute atomic E-state index is 12.4. The third kappa shape index (κ3) is 4.23. The minimum absolute atomic E-state index is 0.00221. The monoisotopic (exact) mass is 304 g/mol. The Kier molecular flexibility index (Phi) is 5.22. The van der Waals surface area contributed by atoms with Gasteiger partial charge in [0.2, 0.25) is 0 Å². The summed E-state index contributed by atoms with van der Waals surface area (Å²) >= 11 is 1.65. The Morgan fingerprint density at radius 2 is 2.05 bits per heavy atom. The van der Waals surface area contributed by atoms with Gasteiger partial charge in [-0.05, 0) is 37.4 Å². The van der Waals surface area contributed by atoms with E-state index >= 15 is 0 Å². The molecule has 2 rings (SSSR count). The largest absolute Gasteiger partial charge is 0.482 e. The normalized spacial score (nSPS) is 10.6. The Labute approximate surface area is 129 Å². The summed E-state index contributed by atoms with van der Waals surface area (Å²) in [5.74, 6) is 0.507. The van der Waals surface area contributed by atoms with Gasteiger partial charge < -0.3 is 15.4 Å². The van der Waals surface area contributed by atoms with E-state index in [0.717, 1.165) is 4.88 Å². The van der Waals surface area contributed by atoms with E-state index in [1.165, 1.54) is 0 Å². The fourth-order valence-electron chi connectivity index (χ4n) is 1.96. The standard InChI is InChI=1S/C16H20N2O2S/c1-12(2)18(10-13-6-5-9-21-13)16(19)11-20-15-8-4-3-7-14(15)17/h3-9,12H,10-11,17H2,1-2H3. The highest BCUT2D eigenvalue weighted by Gasteiger charge is 2.18. The number of thiophene rings is 1. The summed E-state index contributed by atoms with van der Waals surface area (Å²) in [4.78, 5) is 15.3. The smallest absolute Gasteiger partial charge is 0.261 e. The van der Waals surface area contributed by atoms with Crippen molar-refractivity contribution in [2.75, 3.05) is 12.3 Å². The maximum atomic E-state index is 12.4. The van der Waals surface area contributed by atoms with Crippen LogP contribution in [0.2, 0.25) is 0 Å². The number of carbonyl (C=O) groups is 1. The Bertz CT molecular complexity index is 582. The van der Waals surface area contributed by atoms with E-state index in [0.29, 0.717) is 18.0 Å². The van der Waals surface area contributed by atoms with Crippen LogP contribution in [0.5, 0.6) is 5.75 Å². The molecule has 0 spiro atoms. The molecular weight excluding hydrogens is 284 g/mol. The zero-order chi connectivity index (χ0) is 15.2. The third-order valence-corrected chi connectivity index (χ3v) is 3.98. The highest BCUT2D eigenvalue weighted by molar-refractivity contribution is 7.09. The molecule has 1 aromatic heterocycles. The average molecular weight is 304 g/mol. The SMILES string of the molecule is CC(C)N(Cc1cccs1)C(=O)COc1ccccc1N. The number of hydrogen-bond donors (Lipinski definition) is 1. The quantitative estimate of drug-likeness (QED) is 0.834. The summed E-state index contributed by atoms with van der Waals surface area (Å²) in [6.07, 6.45) is 0. The summed E-state index contributed by atoms with van der Waals surface area (Å²) in [6, 6.07) is 11.3. The van der Waals surface area contributed by atoms with Crippen molar-refractivity contribution in [3.63, 3.8) is 0 Å². The topological polar surface area (TPSA) is 55.6 Å². The zero-order valence-corrected chi connectivity index (χ0v) is 13.1. The van der Waals surface area contributed by atoms with Crippen LogP contribution in [0.3, 0.4) is 0 Å². The lowest BCUT2D eigenvalue weighted by Crippen LogP contribution is -2.39. The van der Waals surface area contributed by atoms with Crippen molar-refractivity contribution < 1.29 is 9.53 Å². The zero-order valence-electron chi connectivity index (χ0n) is 12.3. The number of nitrogen functional groups attached to an aromatic ring is 1. The number of hydrogen-bond acceptors (Lipinski definition) is 4. The molecule has 1 aromatic carbocycles. The number of ether oxygens (including phenoxy) is 1. The second kappa shape index (κ2) is 7.13.